The summed E-state index contributed by atoms with van der Waals surface area (Å²) in [4.78, 5) is 0. The molecule has 0 bridgehead atoms. The number of halogens is 1. The van der Waals surface area contributed by atoms with Gasteiger partial charge in [-0.05, 0) is 67.8 Å². The first kappa shape index (κ1) is 13.0. The second-order valence-corrected chi connectivity index (χ2v) is 5.22. The molecule has 0 saturated carbocycles. The van der Waals surface area contributed by atoms with Gasteiger partial charge in [0.25, 0.3) is 0 Å². The van der Waals surface area contributed by atoms with E-state index >= 15 is 0 Å². The third-order valence-electron chi connectivity index (χ3n) is 3.06. The molecule has 94 valence electrons. The lowest BCUT2D eigenvalue weighted by Gasteiger charge is -2.14. The number of anilines is 1. The van der Waals surface area contributed by atoms with Crippen LogP contribution in [0.25, 0.3) is 0 Å². The van der Waals surface area contributed by atoms with E-state index in [1.807, 2.05) is 30.3 Å². The number of nitrogens with two attached hydrogens (primary N) is 1. The van der Waals surface area contributed by atoms with Crippen molar-refractivity contribution in [2.45, 2.75) is 20.8 Å². The Bertz CT molecular complexity index is 576. The highest BCUT2D eigenvalue weighted by atomic mass is 79.9. The van der Waals surface area contributed by atoms with Crippen molar-refractivity contribution in [1.29, 1.82) is 0 Å². The van der Waals surface area contributed by atoms with Crippen LogP contribution in [0, 0.1) is 20.8 Å². The van der Waals surface area contributed by atoms with Crippen molar-refractivity contribution in [2.75, 3.05) is 5.73 Å². The van der Waals surface area contributed by atoms with Gasteiger partial charge in [-0.2, -0.15) is 0 Å². The Labute approximate surface area is 116 Å². The first-order valence-corrected chi connectivity index (χ1v) is 6.58. The standard InChI is InChI=1S/C15H16BrNO/c1-9-8-14(10(2)11(3)15(9)16)18-13-6-4-12(17)5-7-13/h4-8H,17H2,1-3H3. The number of hydrogen-bond donors (Lipinski definition) is 1. The van der Waals surface area contributed by atoms with Crippen molar-refractivity contribution < 1.29 is 4.74 Å². The first-order valence-electron chi connectivity index (χ1n) is 5.78. The molecule has 2 nitrogen and oxygen atoms in total. The monoisotopic (exact) mass is 305 g/mol. The molecule has 18 heavy (non-hydrogen) atoms. The summed E-state index contributed by atoms with van der Waals surface area (Å²) in [5.41, 5.74) is 9.92. The molecule has 2 rings (SSSR count). The Morgan fingerprint density at radius 1 is 1.00 bits per heavy atom. The summed E-state index contributed by atoms with van der Waals surface area (Å²) in [6.07, 6.45) is 0. The van der Waals surface area contributed by atoms with Gasteiger partial charge < -0.3 is 10.5 Å². The van der Waals surface area contributed by atoms with Crippen LogP contribution in [0.3, 0.4) is 0 Å². The smallest absolute Gasteiger partial charge is 0.130 e. The fourth-order valence-electron chi connectivity index (χ4n) is 1.78. The quantitative estimate of drug-likeness (QED) is 0.813. The molecular weight excluding hydrogens is 290 g/mol. The van der Waals surface area contributed by atoms with Crippen LogP contribution < -0.4 is 10.5 Å². The number of hydrogen-bond acceptors (Lipinski definition) is 2. The summed E-state index contributed by atoms with van der Waals surface area (Å²) in [5.74, 6) is 1.69. The Hall–Kier alpha value is -1.48. The van der Waals surface area contributed by atoms with Gasteiger partial charge in [-0.15, -0.1) is 0 Å². The van der Waals surface area contributed by atoms with E-state index in [1.54, 1.807) is 0 Å². The zero-order valence-electron chi connectivity index (χ0n) is 10.8. The average molecular weight is 306 g/mol. The van der Waals surface area contributed by atoms with Crippen LogP contribution in [0.15, 0.2) is 34.8 Å². The minimum Gasteiger partial charge on any atom is -0.457 e. The number of benzene rings is 2. The Kier molecular flexibility index (Phi) is 3.62. The van der Waals surface area contributed by atoms with Crippen LogP contribution in [0.2, 0.25) is 0 Å². The van der Waals surface area contributed by atoms with E-state index in [-0.39, 0.29) is 0 Å². The van der Waals surface area contributed by atoms with Crippen LogP contribution in [0.4, 0.5) is 5.69 Å². The zero-order valence-corrected chi connectivity index (χ0v) is 12.3. The topological polar surface area (TPSA) is 35.2 Å². The molecule has 0 amide bonds. The Morgan fingerprint density at radius 3 is 2.22 bits per heavy atom. The van der Waals surface area contributed by atoms with Crippen LogP contribution in [-0.2, 0) is 0 Å². The van der Waals surface area contributed by atoms with Gasteiger partial charge in [0.15, 0.2) is 0 Å². The molecule has 0 aliphatic heterocycles. The SMILES string of the molecule is Cc1cc(Oc2ccc(N)cc2)c(C)c(C)c1Br. The molecule has 0 fully saturated rings. The summed E-state index contributed by atoms with van der Waals surface area (Å²) in [5, 5.41) is 0. The van der Waals surface area contributed by atoms with Crippen LogP contribution >= 0.6 is 15.9 Å². The number of aryl methyl sites for hydroxylation is 1. The van der Waals surface area contributed by atoms with Gasteiger partial charge in [-0.1, -0.05) is 15.9 Å². The predicted octanol–water partition coefficient (Wildman–Crippen LogP) is 4.75. The van der Waals surface area contributed by atoms with Gasteiger partial charge in [-0.25, -0.2) is 0 Å². The van der Waals surface area contributed by atoms with Gasteiger partial charge in [0.2, 0.25) is 0 Å². The molecule has 0 atom stereocenters. The molecule has 0 heterocycles. The molecule has 3 heteroatoms. The summed E-state index contributed by atoms with van der Waals surface area (Å²) >= 11 is 3.59. The summed E-state index contributed by atoms with van der Waals surface area (Å²) in [7, 11) is 0. The summed E-state index contributed by atoms with van der Waals surface area (Å²) in [6.45, 7) is 6.21. The fourth-order valence-corrected chi connectivity index (χ4v) is 2.19. The molecule has 0 aliphatic rings. The van der Waals surface area contributed by atoms with Crippen molar-refractivity contribution in [3.63, 3.8) is 0 Å². The molecule has 2 aromatic carbocycles. The van der Waals surface area contributed by atoms with Crippen molar-refractivity contribution in [3.05, 3.63) is 51.5 Å². The lowest BCUT2D eigenvalue weighted by Crippen LogP contribution is -1.94. The Morgan fingerprint density at radius 2 is 1.61 bits per heavy atom. The summed E-state index contributed by atoms with van der Waals surface area (Å²) in [6, 6.07) is 9.47. The van der Waals surface area contributed by atoms with E-state index < -0.39 is 0 Å². The molecule has 2 N–H and O–H groups in total. The highest BCUT2D eigenvalue weighted by Gasteiger charge is 2.09. The van der Waals surface area contributed by atoms with E-state index in [0.29, 0.717) is 0 Å². The van der Waals surface area contributed by atoms with E-state index in [1.165, 1.54) is 11.1 Å². The second-order valence-electron chi connectivity index (χ2n) is 4.43. The van der Waals surface area contributed by atoms with E-state index in [0.717, 1.165) is 27.2 Å². The van der Waals surface area contributed by atoms with Crippen LogP contribution in [-0.4, -0.2) is 0 Å². The van der Waals surface area contributed by atoms with Gasteiger partial charge >= 0.3 is 0 Å². The molecule has 0 radical (unpaired) electrons. The first-order chi connectivity index (χ1) is 8.49. The highest BCUT2D eigenvalue weighted by molar-refractivity contribution is 9.10. The normalized spacial score (nSPS) is 10.4. The van der Waals surface area contributed by atoms with Gasteiger partial charge in [0.1, 0.15) is 11.5 Å². The molecule has 0 aromatic heterocycles. The molecule has 0 aliphatic carbocycles. The van der Waals surface area contributed by atoms with E-state index in [2.05, 4.69) is 36.7 Å². The minimum atomic E-state index is 0.738. The molecule has 2 aromatic rings. The molecule has 0 spiro atoms. The number of ether oxygens (including phenoxy) is 1. The van der Waals surface area contributed by atoms with Crippen molar-refractivity contribution >= 4 is 21.6 Å². The Balaban J connectivity index is 2.38. The van der Waals surface area contributed by atoms with E-state index in [4.69, 9.17) is 10.5 Å². The largest absolute Gasteiger partial charge is 0.457 e. The predicted molar refractivity (Wildman–Crippen MR) is 79.3 cm³/mol. The average Bonchev–Trinajstić information content (AvgIpc) is 2.36. The maximum absolute atomic E-state index is 5.90. The highest BCUT2D eigenvalue weighted by Crippen LogP contribution is 2.33. The molecule has 0 saturated heterocycles. The zero-order chi connectivity index (χ0) is 13.3. The maximum Gasteiger partial charge on any atom is 0.130 e. The lowest BCUT2D eigenvalue weighted by atomic mass is 10.1. The molecular formula is C15H16BrNO. The van der Waals surface area contributed by atoms with Gasteiger partial charge in [-0.3, -0.25) is 0 Å². The van der Waals surface area contributed by atoms with Crippen LogP contribution in [0.1, 0.15) is 16.7 Å². The second kappa shape index (κ2) is 5.02. The number of nitrogen functional groups attached to an aromatic ring is 1. The molecule has 0 unspecified atom stereocenters. The van der Waals surface area contributed by atoms with Crippen molar-refractivity contribution in [1.82, 2.24) is 0 Å². The van der Waals surface area contributed by atoms with E-state index in [9.17, 15) is 0 Å². The third kappa shape index (κ3) is 2.51. The third-order valence-corrected chi connectivity index (χ3v) is 4.28. The lowest BCUT2D eigenvalue weighted by molar-refractivity contribution is 0.478. The number of rotatable bonds is 2. The van der Waals surface area contributed by atoms with Gasteiger partial charge in [0, 0.05) is 10.2 Å². The maximum atomic E-state index is 5.90. The summed E-state index contributed by atoms with van der Waals surface area (Å²) < 4.78 is 7.05. The van der Waals surface area contributed by atoms with Crippen molar-refractivity contribution in [3.8, 4) is 11.5 Å². The minimum absolute atomic E-state index is 0.738. The van der Waals surface area contributed by atoms with Gasteiger partial charge in [0.05, 0.1) is 0 Å². The van der Waals surface area contributed by atoms with Crippen LogP contribution in [0.5, 0.6) is 11.5 Å². The fraction of sp³-hybridized carbons (Fsp3) is 0.200. The van der Waals surface area contributed by atoms with Crippen molar-refractivity contribution in [2.24, 2.45) is 0 Å².